The molecule has 2 heterocycles. The summed E-state index contributed by atoms with van der Waals surface area (Å²) in [4.78, 5) is 38.4. The molecule has 2 aliphatic rings. The third kappa shape index (κ3) is 3.71. The number of rotatable bonds is 7. The lowest BCUT2D eigenvalue weighted by atomic mass is 9.73. The number of piperidine rings is 1. The fourth-order valence-corrected chi connectivity index (χ4v) is 4.89. The summed E-state index contributed by atoms with van der Waals surface area (Å²) in [5.41, 5.74) is 5.62. The van der Waals surface area contributed by atoms with Crippen molar-refractivity contribution in [3.8, 4) is 17.2 Å². The van der Waals surface area contributed by atoms with Crippen LogP contribution < -0.4 is 19.9 Å². The standard InChI is InChI=1S/C23H25N3O7/c1-23-12-15(14-6-4-5-7-17(14)33-23)20(21(24)27)22(28)25(23)9-8-13-10-18(31-2)19(32-3)11-16(13)26(29)30/h4-7,10-11,15,20H,8-9,12H2,1-3H3,(H2,24,27). The maximum Gasteiger partial charge on any atom is 0.276 e. The van der Waals surface area contributed by atoms with Gasteiger partial charge in [0.05, 0.1) is 25.2 Å². The van der Waals surface area contributed by atoms with Gasteiger partial charge in [0, 0.05) is 24.4 Å². The molecule has 2 aromatic carbocycles. The number of benzene rings is 2. The van der Waals surface area contributed by atoms with E-state index in [9.17, 15) is 19.7 Å². The number of nitrogens with two attached hydrogens (primary N) is 1. The Labute approximate surface area is 190 Å². The predicted molar refractivity (Wildman–Crippen MR) is 117 cm³/mol. The molecule has 174 valence electrons. The van der Waals surface area contributed by atoms with E-state index in [1.807, 2.05) is 18.2 Å². The van der Waals surface area contributed by atoms with Crippen LogP contribution in [0.2, 0.25) is 0 Å². The van der Waals surface area contributed by atoms with Crippen molar-refractivity contribution < 1.29 is 28.7 Å². The minimum Gasteiger partial charge on any atom is -0.493 e. The largest absolute Gasteiger partial charge is 0.493 e. The van der Waals surface area contributed by atoms with Crippen molar-refractivity contribution in [3.05, 3.63) is 57.6 Å². The average Bonchev–Trinajstić information content (AvgIpc) is 2.77. The zero-order valence-corrected chi connectivity index (χ0v) is 18.6. The first-order valence-corrected chi connectivity index (χ1v) is 10.5. The molecule has 3 atom stereocenters. The van der Waals surface area contributed by atoms with Crippen LogP contribution in [0.5, 0.6) is 17.2 Å². The second-order valence-corrected chi connectivity index (χ2v) is 8.34. The third-order valence-corrected chi connectivity index (χ3v) is 6.45. The van der Waals surface area contributed by atoms with Gasteiger partial charge in [-0.3, -0.25) is 19.7 Å². The van der Waals surface area contributed by atoms with Crippen LogP contribution in [0.15, 0.2) is 36.4 Å². The lowest BCUT2D eigenvalue weighted by Gasteiger charge is -2.52. The molecule has 2 amide bonds. The molecular weight excluding hydrogens is 430 g/mol. The number of hydrogen-bond acceptors (Lipinski definition) is 7. The van der Waals surface area contributed by atoms with Gasteiger partial charge in [0.15, 0.2) is 17.2 Å². The van der Waals surface area contributed by atoms with Gasteiger partial charge >= 0.3 is 0 Å². The number of nitro benzene ring substituents is 1. The second kappa shape index (κ2) is 8.27. The number of primary amides is 1. The summed E-state index contributed by atoms with van der Waals surface area (Å²) in [6, 6.07) is 10.1. The van der Waals surface area contributed by atoms with E-state index in [0.717, 1.165) is 5.56 Å². The number of nitro groups is 1. The quantitative estimate of drug-likeness (QED) is 0.385. The predicted octanol–water partition coefficient (Wildman–Crippen LogP) is 2.38. The number of fused-ring (bicyclic) bond motifs is 4. The highest BCUT2D eigenvalue weighted by molar-refractivity contribution is 6.01. The first-order valence-electron chi connectivity index (χ1n) is 10.5. The molecule has 0 spiro atoms. The highest BCUT2D eigenvalue weighted by atomic mass is 16.6. The Bertz CT molecular complexity index is 1140. The van der Waals surface area contributed by atoms with E-state index in [0.29, 0.717) is 23.5 Å². The molecule has 2 aromatic rings. The van der Waals surface area contributed by atoms with Crippen molar-refractivity contribution in [1.82, 2.24) is 4.90 Å². The summed E-state index contributed by atoms with van der Waals surface area (Å²) in [6.07, 6.45) is 0.524. The first kappa shape index (κ1) is 22.4. The Morgan fingerprint density at radius 3 is 2.58 bits per heavy atom. The smallest absolute Gasteiger partial charge is 0.276 e. The number of hydrogen-bond donors (Lipinski definition) is 1. The van der Waals surface area contributed by atoms with Crippen LogP contribution in [0.4, 0.5) is 5.69 Å². The summed E-state index contributed by atoms with van der Waals surface area (Å²) < 4.78 is 16.7. The van der Waals surface area contributed by atoms with E-state index in [1.165, 1.54) is 31.3 Å². The van der Waals surface area contributed by atoms with Gasteiger partial charge in [0.2, 0.25) is 11.8 Å². The van der Waals surface area contributed by atoms with Gasteiger partial charge in [-0.2, -0.15) is 0 Å². The number of para-hydroxylation sites is 1. The normalized spacial score (nSPS) is 23.4. The third-order valence-electron chi connectivity index (χ3n) is 6.45. The molecule has 10 nitrogen and oxygen atoms in total. The van der Waals surface area contributed by atoms with E-state index >= 15 is 0 Å². The van der Waals surface area contributed by atoms with Crippen LogP contribution in [-0.4, -0.2) is 48.1 Å². The van der Waals surface area contributed by atoms with Crippen molar-refractivity contribution in [2.75, 3.05) is 20.8 Å². The maximum atomic E-state index is 13.4. The van der Waals surface area contributed by atoms with Crippen LogP contribution >= 0.6 is 0 Å². The Hall–Kier alpha value is -3.82. The fraction of sp³-hybridized carbons (Fsp3) is 0.391. The molecule has 0 radical (unpaired) electrons. The van der Waals surface area contributed by atoms with Gasteiger partial charge in [-0.1, -0.05) is 18.2 Å². The van der Waals surface area contributed by atoms with Crippen LogP contribution in [0, 0.1) is 16.0 Å². The van der Waals surface area contributed by atoms with E-state index in [-0.39, 0.29) is 24.4 Å². The van der Waals surface area contributed by atoms with Crippen molar-refractivity contribution in [1.29, 1.82) is 0 Å². The number of ether oxygens (including phenoxy) is 3. The summed E-state index contributed by atoms with van der Waals surface area (Å²) in [7, 11) is 2.83. The summed E-state index contributed by atoms with van der Waals surface area (Å²) >= 11 is 0. The van der Waals surface area contributed by atoms with E-state index in [2.05, 4.69) is 0 Å². The summed E-state index contributed by atoms with van der Waals surface area (Å²) in [5.74, 6) is -1.41. The Balaban J connectivity index is 1.70. The fourth-order valence-electron chi connectivity index (χ4n) is 4.89. The monoisotopic (exact) mass is 455 g/mol. The molecule has 33 heavy (non-hydrogen) atoms. The lowest BCUT2D eigenvalue weighted by molar-refractivity contribution is -0.385. The molecular formula is C23H25N3O7. The average molecular weight is 455 g/mol. The first-order chi connectivity index (χ1) is 15.7. The highest BCUT2D eigenvalue weighted by Crippen LogP contribution is 2.50. The number of carbonyl (C=O) groups excluding carboxylic acids is 2. The number of carbonyl (C=O) groups is 2. The minimum atomic E-state index is -1.04. The molecule has 2 bridgehead atoms. The second-order valence-electron chi connectivity index (χ2n) is 8.34. The molecule has 0 aromatic heterocycles. The van der Waals surface area contributed by atoms with Gasteiger partial charge in [-0.15, -0.1) is 0 Å². The zero-order valence-electron chi connectivity index (χ0n) is 18.6. The SMILES string of the molecule is COc1cc(CCN2C(=O)C(C(N)=O)C3CC2(C)Oc2ccccc23)c([N+](=O)[O-])cc1OC. The van der Waals surface area contributed by atoms with Crippen LogP contribution in [0.25, 0.3) is 0 Å². The number of nitrogens with zero attached hydrogens (tertiary/aromatic N) is 2. The zero-order chi connectivity index (χ0) is 23.9. The van der Waals surface area contributed by atoms with E-state index in [4.69, 9.17) is 19.9 Å². The lowest BCUT2D eigenvalue weighted by Crippen LogP contribution is -2.64. The molecule has 0 aliphatic carbocycles. The van der Waals surface area contributed by atoms with Crippen molar-refractivity contribution in [2.45, 2.75) is 31.4 Å². The molecule has 3 unspecified atom stereocenters. The van der Waals surface area contributed by atoms with Crippen LogP contribution in [0.3, 0.4) is 0 Å². The van der Waals surface area contributed by atoms with E-state index in [1.54, 1.807) is 13.0 Å². The molecule has 0 saturated carbocycles. The molecule has 4 rings (SSSR count). The van der Waals surface area contributed by atoms with Gasteiger partial charge in [-0.05, 0) is 31.0 Å². The van der Waals surface area contributed by atoms with Crippen LogP contribution in [0.1, 0.15) is 30.4 Å². The van der Waals surface area contributed by atoms with Gasteiger partial charge in [0.25, 0.3) is 5.69 Å². The maximum absolute atomic E-state index is 13.4. The van der Waals surface area contributed by atoms with Gasteiger partial charge < -0.3 is 24.8 Å². The van der Waals surface area contributed by atoms with Crippen molar-refractivity contribution >= 4 is 17.5 Å². The van der Waals surface area contributed by atoms with Crippen molar-refractivity contribution in [2.24, 2.45) is 11.7 Å². The Kier molecular flexibility index (Phi) is 5.61. The summed E-state index contributed by atoms with van der Waals surface area (Å²) in [5, 5.41) is 11.7. The molecule has 2 aliphatic heterocycles. The van der Waals surface area contributed by atoms with Gasteiger partial charge in [-0.25, -0.2) is 0 Å². The molecule has 1 fully saturated rings. The Morgan fingerprint density at radius 1 is 1.27 bits per heavy atom. The molecule has 1 saturated heterocycles. The summed E-state index contributed by atoms with van der Waals surface area (Å²) in [6.45, 7) is 1.87. The number of likely N-dealkylation sites (tertiary alicyclic amines) is 1. The Morgan fingerprint density at radius 2 is 1.94 bits per heavy atom. The van der Waals surface area contributed by atoms with E-state index < -0.39 is 34.3 Å². The molecule has 10 heteroatoms. The van der Waals surface area contributed by atoms with Gasteiger partial charge in [0.1, 0.15) is 11.7 Å². The topological polar surface area (TPSA) is 134 Å². The van der Waals surface area contributed by atoms with Crippen LogP contribution in [-0.2, 0) is 16.0 Å². The molecule has 2 N–H and O–H groups in total. The number of amides is 2. The minimum absolute atomic E-state index is 0.0876. The highest BCUT2D eigenvalue weighted by Gasteiger charge is 2.55. The van der Waals surface area contributed by atoms with Crippen molar-refractivity contribution in [3.63, 3.8) is 0 Å². The number of methoxy groups -OCH3 is 2.